The first kappa shape index (κ1) is 15.7. The monoisotopic (exact) mass is 332 g/mol. The van der Waals surface area contributed by atoms with E-state index < -0.39 is 6.04 Å². The van der Waals surface area contributed by atoms with Crippen LogP contribution in [0.4, 0.5) is 0 Å². The highest BCUT2D eigenvalue weighted by molar-refractivity contribution is 7.09. The smallest absolute Gasteiger partial charge is 0.247 e. The second kappa shape index (κ2) is 6.95. The molecule has 0 bridgehead atoms. The van der Waals surface area contributed by atoms with Crippen molar-refractivity contribution in [1.29, 1.82) is 0 Å². The van der Waals surface area contributed by atoms with E-state index in [9.17, 15) is 9.59 Å². The van der Waals surface area contributed by atoms with E-state index in [4.69, 9.17) is 0 Å². The summed E-state index contributed by atoms with van der Waals surface area (Å²) in [5.74, 6) is -0.00615. The molecule has 3 rings (SSSR count). The molecule has 2 amide bonds. The SMILES string of the molecule is CCCC(=O)N1Cc2ccnn2[C@H](C(=O)NCc2cccs2)C1. The van der Waals surface area contributed by atoms with E-state index in [1.165, 1.54) is 0 Å². The number of hydrogen-bond acceptors (Lipinski definition) is 4. The second-order valence-electron chi connectivity index (χ2n) is 5.60. The Kier molecular flexibility index (Phi) is 4.76. The normalized spacial score (nSPS) is 16.9. The lowest BCUT2D eigenvalue weighted by Gasteiger charge is -2.33. The maximum atomic E-state index is 12.6. The first-order valence-corrected chi connectivity index (χ1v) is 8.67. The van der Waals surface area contributed by atoms with E-state index in [0.29, 0.717) is 26.1 Å². The lowest BCUT2D eigenvalue weighted by molar-refractivity contribution is -0.135. The fraction of sp³-hybridized carbons (Fsp3) is 0.438. The summed E-state index contributed by atoms with van der Waals surface area (Å²) < 4.78 is 1.74. The van der Waals surface area contributed by atoms with Crippen LogP contribution >= 0.6 is 11.3 Å². The Balaban J connectivity index is 1.72. The molecule has 0 radical (unpaired) electrons. The summed E-state index contributed by atoms with van der Waals surface area (Å²) in [6.07, 6.45) is 3.00. The van der Waals surface area contributed by atoms with Gasteiger partial charge in [0.1, 0.15) is 6.04 Å². The molecule has 0 aliphatic carbocycles. The zero-order valence-corrected chi connectivity index (χ0v) is 13.9. The number of nitrogens with one attached hydrogen (secondary N) is 1. The van der Waals surface area contributed by atoms with Crippen LogP contribution in [0.3, 0.4) is 0 Å². The van der Waals surface area contributed by atoms with Crippen molar-refractivity contribution in [3.05, 3.63) is 40.3 Å². The summed E-state index contributed by atoms with van der Waals surface area (Å²) in [5, 5.41) is 9.20. The van der Waals surface area contributed by atoms with E-state index in [1.807, 2.05) is 30.5 Å². The Hall–Kier alpha value is -2.15. The molecular weight excluding hydrogens is 312 g/mol. The van der Waals surface area contributed by atoms with Crippen molar-refractivity contribution in [2.24, 2.45) is 0 Å². The molecule has 1 atom stereocenters. The van der Waals surface area contributed by atoms with Crippen LogP contribution in [0.25, 0.3) is 0 Å². The van der Waals surface area contributed by atoms with Gasteiger partial charge in [-0.2, -0.15) is 5.10 Å². The summed E-state index contributed by atoms with van der Waals surface area (Å²) >= 11 is 1.61. The summed E-state index contributed by atoms with van der Waals surface area (Å²) in [6, 6.07) is 5.35. The number of nitrogens with zero attached hydrogens (tertiary/aromatic N) is 3. The molecule has 0 saturated carbocycles. The van der Waals surface area contributed by atoms with E-state index in [0.717, 1.165) is 17.0 Å². The van der Waals surface area contributed by atoms with E-state index in [1.54, 1.807) is 27.1 Å². The predicted molar refractivity (Wildman–Crippen MR) is 87.8 cm³/mol. The minimum atomic E-state index is -0.463. The van der Waals surface area contributed by atoms with Gasteiger partial charge in [-0.25, -0.2) is 0 Å². The molecule has 122 valence electrons. The fourth-order valence-electron chi connectivity index (χ4n) is 2.75. The van der Waals surface area contributed by atoms with Crippen molar-refractivity contribution in [2.45, 2.75) is 38.9 Å². The first-order chi connectivity index (χ1) is 11.2. The van der Waals surface area contributed by atoms with Gasteiger partial charge in [-0.05, 0) is 23.9 Å². The van der Waals surface area contributed by atoms with Gasteiger partial charge in [0.25, 0.3) is 0 Å². The number of fused-ring (bicyclic) bond motifs is 1. The van der Waals surface area contributed by atoms with Gasteiger partial charge in [0, 0.05) is 17.5 Å². The van der Waals surface area contributed by atoms with Crippen LogP contribution in [0.1, 0.15) is 36.4 Å². The fourth-order valence-corrected chi connectivity index (χ4v) is 3.40. The number of carbonyl (C=O) groups is 2. The molecule has 1 aliphatic heterocycles. The second-order valence-corrected chi connectivity index (χ2v) is 6.64. The lowest BCUT2D eigenvalue weighted by Crippen LogP contribution is -2.46. The minimum absolute atomic E-state index is 0.0935. The van der Waals surface area contributed by atoms with Gasteiger partial charge < -0.3 is 10.2 Å². The van der Waals surface area contributed by atoms with Gasteiger partial charge in [0.15, 0.2) is 0 Å². The molecule has 6 nitrogen and oxygen atoms in total. The highest BCUT2D eigenvalue weighted by atomic mass is 32.1. The lowest BCUT2D eigenvalue weighted by atomic mass is 10.1. The van der Waals surface area contributed by atoms with Crippen LogP contribution in [0.2, 0.25) is 0 Å². The predicted octanol–water partition coefficient (Wildman–Crippen LogP) is 1.94. The van der Waals surface area contributed by atoms with Crippen molar-refractivity contribution < 1.29 is 9.59 Å². The molecule has 1 aliphatic rings. The van der Waals surface area contributed by atoms with Gasteiger partial charge >= 0.3 is 0 Å². The van der Waals surface area contributed by atoms with Crippen molar-refractivity contribution in [3.8, 4) is 0 Å². The molecule has 0 saturated heterocycles. The first-order valence-electron chi connectivity index (χ1n) is 7.79. The third kappa shape index (κ3) is 3.44. The Labute approximate surface area is 139 Å². The molecule has 0 fully saturated rings. The number of thiophene rings is 1. The molecule has 0 aromatic carbocycles. The average Bonchev–Trinajstić information content (AvgIpc) is 3.22. The van der Waals surface area contributed by atoms with Gasteiger partial charge in [-0.1, -0.05) is 13.0 Å². The average molecular weight is 332 g/mol. The maximum absolute atomic E-state index is 12.6. The van der Waals surface area contributed by atoms with Gasteiger partial charge in [0.05, 0.1) is 25.3 Å². The number of rotatable bonds is 5. The molecule has 7 heteroatoms. The van der Waals surface area contributed by atoms with Gasteiger partial charge in [0.2, 0.25) is 11.8 Å². The largest absolute Gasteiger partial charge is 0.349 e. The number of hydrogen-bond donors (Lipinski definition) is 1. The molecule has 1 N–H and O–H groups in total. The Morgan fingerprint density at radius 2 is 2.30 bits per heavy atom. The Bertz CT molecular complexity index is 680. The maximum Gasteiger partial charge on any atom is 0.247 e. The van der Waals surface area contributed by atoms with Crippen LogP contribution in [0.15, 0.2) is 29.8 Å². The quantitative estimate of drug-likeness (QED) is 0.910. The van der Waals surface area contributed by atoms with Crippen LogP contribution in [-0.4, -0.2) is 33.0 Å². The Morgan fingerprint density at radius 3 is 3.04 bits per heavy atom. The third-order valence-electron chi connectivity index (χ3n) is 3.93. The van der Waals surface area contributed by atoms with Crippen LogP contribution in [0.5, 0.6) is 0 Å². The van der Waals surface area contributed by atoms with Crippen molar-refractivity contribution in [1.82, 2.24) is 20.0 Å². The molecule has 2 aromatic rings. The van der Waals surface area contributed by atoms with Gasteiger partial charge in [-0.15, -0.1) is 11.3 Å². The highest BCUT2D eigenvalue weighted by Crippen LogP contribution is 2.21. The summed E-state index contributed by atoms with van der Waals surface area (Å²) in [4.78, 5) is 27.6. The van der Waals surface area contributed by atoms with Crippen molar-refractivity contribution in [3.63, 3.8) is 0 Å². The number of aromatic nitrogens is 2. The summed E-state index contributed by atoms with van der Waals surface area (Å²) in [6.45, 7) is 3.39. The van der Waals surface area contributed by atoms with Crippen molar-refractivity contribution >= 4 is 23.2 Å². The highest BCUT2D eigenvalue weighted by Gasteiger charge is 2.32. The van der Waals surface area contributed by atoms with Crippen LogP contribution in [-0.2, 0) is 22.7 Å². The summed E-state index contributed by atoms with van der Waals surface area (Å²) in [5.41, 5.74) is 0.900. The van der Waals surface area contributed by atoms with Crippen LogP contribution < -0.4 is 5.32 Å². The zero-order valence-electron chi connectivity index (χ0n) is 13.1. The molecule has 23 heavy (non-hydrogen) atoms. The molecule has 2 aromatic heterocycles. The van der Waals surface area contributed by atoms with E-state index in [2.05, 4.69) is 10.4 Å². The standard InChI is InChI=1S/C16H20N4O2S/c1-2-4-15(21)19-10-12-6-7-18-20(12)14(11-19)16(22)17-9-13-5-3-8-23-13/h3,5-8,14H,2,4,9-11H2,1H3,(H,17,22)/t14-/m0/s1. The van der Waals surface area contributed by atoms with E-state index in [-0.39, 0.29) is 11.8 Å². The molecular formula is C16H20N4O2S. The minimum Gasteiger partial charge on any atom is -0.349 e. The molecule has 3 heterocycles. The molecule has 0 unspecified atom stereocenters. The van der Waals surface area contributed by atoms with Crippen molar-refractivity contribution in [2.75, 3.05) is 6.54 Å². The topological polar surface area (TPSA) is 67.2 Å². The number of carbonyl (C=O) groups excluding carboxylic acids is 2. The third-order valence-corrected chi connectivity index (χ3v) is 4.81. The number of amides is 2. The molecule has 0 spiro atoms. The van der Waals surface area contributed by atoms with Gasteiger partial charge in [-0.3, -0.25) is 14.3 Å². The Morgan fingerprint density at radius 1 is 1.43 bits per heavy atom. The zero-order chi connectivity index (χ0) is 16.2. The summed E-state index contributed by atoms with van der Waals surface area (Å²) in [7, 11) is 0. The van der Waals surface area contributed by atoms with Crippen LogP contribution in [0, 0.1) is 0 Å². The van der Waals surface area contributed by atoms with E-state index >= 15 is 0 Å².